The average Bonchev–Trinajstić information content (AvgIpc) is 2.53. The molecule has 0 radical (unpaired) electrons. The molecule has 24 heavy (non-hydrogen) atoms. The van der Waals surface area contributed by atoms with Crippen LogP contribution in [0.3, 0.4) is 0 Å². The summed E-state index contributed by atoms with van der Waals surface area (Å²) in [7, 11) is 0. The lowest BCUT2D eigenvalue weighted by atomic mass is 10.2. The van der Waals surface area contributed by atoms with Gasteiger partial charge in [-0.2, -0.15) is 5.10 Å². The summed E-state index contributed by atoms with van der Waals surface area (Å²) in [5.74, 6) is -0.601. The first kappa shape index (κ1) is 17.2. The molecule has 0 aromatic heterocycles. The second-order valence-corrected chi connectivity index (χ2v) is 4.98. The minimum absolute atomic E-state index is 0.0727. The SMILES string of the molecule is O=C(COc1ccc(Cl)cc1[N+](=O)[O-])NN=Cc1cccc(O)c1. The van der Waals surface area contributed by atoms with Crippen LogP contribution >= 0.6 is 11.6 Å². The number of hydrazone groups is 1. The van der Waals surface area contributed by atoms with Crippen molar-refractivity contribution < 1.29 is 19.6 Å². The van der Waals surface area contributed by atoms with Gasteiger partial charge in [0.2, 0.25) is 0 Å². The molecular weight excluding hydrogens is 338 g/mol. The molecule has 8 nitrogen and oxygen atoms in total. The highest BCUT2D eigenvalue weighted by molar-refractivity contribution is 6.30. The molecule has 2 rings (SSSR count). The van der Waals surface area contributed by atoms with E-state index in [1.54, 1.807) is 12.1 Å². The summed E-state index contributed by atoms with van der Waals surface area (Å²) in [5, 5.41) is 24.1. The van der Waals surface area contributed by atoms with Gasteiger partial charge >= 0.3 is 5.69 Å². The lowest BCUT2D eigenvalue weighted by Gasteiger charge is -2.05. The van der Waals surface area contributed by atoms with Crippen LogP contribution in [-0.2, 0) is 4.79 Å². The molecule has 0 atom stereocenters. The summed E-state index contributed by atoms with van der Waals surface area (Å²) >= 11 is 5.69. The van der Waals surface area contributed by atoms with Crippen LogP contribution in [0.15, 0.2) is 47.6 Å². The van der Waals surface area contributed by atoms with Crippen LogP contribution in [0.5, 0.6) is 11.5 Å². The van der Waals surface area contributed by atoms with E-state index >= 15 is 0 Å². The van der Waals surface area contributed by atoms with Crippen LogP contribution < -0.4 is 10.2 Å². The maximum absolute atomic E-state index is 11.6. The van der Waals surface area contributed by atoms with E-state index in [9.17, 15) is 20.0 Å². The zero-order chi connectivity index (χ0) is 17.5. The van der Waals surface area contributed by atoms with Crippen molar-refractivity contribution in [2.75, 3.05) is 6.61 Å². The van der Waals surface area contributed by atoms with Crippen LogP contribution in [0.4, 0.5) is 5.69 Å². The van der Waals surface area contributed by atoms with Gasteiger partial charge in [-0.15, -0.1) is 0 Å². The van der Waals surface area contributed by atoms with Crippen molar-refractivity contribution in [3.8, 4) is 11.5 Å². The van der Waals surface area contributed by atoms with Gasteiger partial charge in [0.05, 0.1) is 11.1 Å². The molecule has 1 amide bonds. The second-order valence-electron chi connectivity index (χ2n) is 4.55. The maximum atomic E-state index is 11.6. The molecule has 0 heterocycles. The highest BCUT2D eigenvalue weighted by Crippen LogP contribution is 2.29. The van der Waals surface area contributed by atoms with E-state index in [1.165, 1.54) is 30.5 Å². The number of hydrogen-bond donors (Lipinski definition) is 2. The molecule has 0 unspecified atom stereocenters. The predicted molar refractivity (Wildman–Crippen MR) is 87.4 cm³/mol. The maximum Gasteiger partial charge on any atom is 0.312 e. The monoisotopic (exact) mass is 349 g/mol. The summed E-state index contributed by atoms with van der Waals surface area (Å²) in [6.45, 7) is -0.458. The number of nitrogens with zero attached hydrogens (tertiary/aromatic N) is 2. The minimum atomic E-state index is -0.654. The number of halogens is 1. The van der Waals surface area contributed by atoms with E-state index in [-0.39, 0.29) is 22.2 Å². The fourth-order valence-corrected chi connectivity index (χ4v) is 1.88. The van der Waals surface area contributed by atoms with Gasteiger partial charge < -0.3 is 9.84 Å². The molecule has 0 spiro atoms. The Kier molecular flexibility index (Phi) is 5.69. The number of aromatic hydroxyl groups is 1. The molecule has 9 heteroatoms. The number of benzene rings is 2. The number of carbonyl (C=O) groups excluding carboxylic acids is 1. The summed E-state index contributed by atoms with van der Waals surface area (Å²) in [6, 6.07) is 10.1. The Morgan fingerprint density at radius 3 is 2.88 bits per heavy atom. The van der Waals surface area contributed by atoms with Crippen molar-refractivity contribution in [3.05, 3.63) is 63.2 Å². The van der Waals surface area contributed by atoms with Crippen LogP contribution in [0.1, 0.15) is 5.56 Å². The molecule has 0 aliphatic rings. The van der Waals surface area contributed by atoms with Crippen molar-refractivity contribution in [1.82, 2.24) is 5.43 Å². The number of ether oxygens (including phenoxy) is 1. The van der Waals surface area contributed by atoms with Gasteiger partial charge in [0.25, 0.3) is 5.91 Å². The van der Waals surface area contributed by atoms with E-state index in [2.05, 4.69) is 10.5 Å². The second kappa shape index (κ2) is 7.93. The Morgan fingerprint density at radius 1 is 1.38 bits per heavy atom. The Bertz CT molecular complexity index is 794. The topological polar surface area (TPSA) is 114 Å². The molecule has 0 saturated heterocycles. The third-order valence-corrected chi connectivity index (χ3v) is 2.98. The van der Waals surface area contributed by atoms with Gasteiger partial charge in [0.1, 0.15) is 5.75 Å². The number of hydrogen-bond acceptors (Lipinski definition) is 6. The standard InChI is InChI=1S/C15H12ClN3O5/c16-11-4-5-14(13(7-11)19(22)23)24-9-15(21)18-17-8-10-2-1-3-12(20)6-10/h1-8,20H,9H2,(H,18,21). The fraction of sp³-hybridized carbons (Fsp3) is 0.0667. The van der Waals surface area contributed by atoms with E-state index in [0.717, 1.165) is 6.07 Å². The van der Waals surface area contributed by atoms with Gasteiger partial charge in [-0.1, -0.05) is 23.7 Å². The molecule has 2 aromatic carbocycles. The van der Waals surface area contributed by atoms with E-state index < -0.39 is 17.4 Å². The smallest absolute Gasteiger partial charge is 0.312 e. The number of amides is 1. The van der Waals surface area contributed by atoms with Crippen molar-refractivity contribution >= 4 is 29.4 Å². The van der Waals surface area contributed by atoms with E-state index in [1.807, 2.05) is 0 Å². The number of phenolic OH excluding ortho intramolecular Hbond substituents is 1. The fourth-order valence-electron chi connectivity index (χ4n) is 1.71. The number of nitro benzene ring substituents is 1. The van der Waals surface area contributed by atoms with Gasteiger partial charge in [0, 0.05) is 11.1 Å². The first-order chi connectivity index (χ1) is 11.5. The zero-order valence-electron chi connectivity index (χ0n) is 12.2. The zero-order valence-corrected chi connectivity index (χ0v) is 12.9. The van der Waals surface area contributed by atoms with Crippen LogP contribution in [0.2, 0.25) is 5.02 Å². The van der Waals surface area contributed by atoms with Gasteiger partial charge in [-0.05, 0) is 29.8 Å². The van der Waals surface area contributed by atoms with E-state index in [0.29, 0.717) is 5.56 Å². The van der Waals surface area contributed by atoms with Gasteiger partial charge in [0.15, 0.2) is 12.4 Å². The quantitative estimate of drug-likeness (QED) is 0.472. The Balaban J connectivity index is 1.91. The first-order valence-corrected chi connectivity index (χ1v) is 7.01. The normalized spacial score (nSPS) is 10.5. The molecule has 0 saturated carbocycles. The number of carbonyl (C=O) groups is 1. The van der Waals surface area contributed by atoms with Crippen molar-refractivity contribution in [3.63, 3.8) is 0 Å². The molecule has 0 fully saturated rings. The van der Waals surface area contributed by atoms with Crippen molar-refractivity contribution in [1.29, 1.82) is 0 Å². The summed E-state index contributed by atoms with van der Waals surface area (Å²) < 4.78 is 5.11. The van der Waals surface area contributed by atoms with Crippen LogP contribution in [-0.4, -0.2) is 28.8 Å². The highest BCUT2D eigenvalue weighted by Gasteiger charge is 2.16. The van der Waals surface area contributed by atoms with Crippen LogP contribution in [0, 0.1) is 10.1 Å². The number of rotatable bonds is 6. The van der Waals surface area contributed by atoms with Gasteiger partial charge in [-0.3, -0.25) is 14.9 Å². The third kappa shape index (κ3) is 4.96. The Hall–Kier alpha value is -3.13. The summed E-state index contributed by atoms with van der Waals surface area (Å²) in [4.78, 5) is 21.9. The third-order valence-electron chi connectivity index (χ3n) is 2.75. The lowest BCUT2D eigenvalue weighted by Crippen LogP contribution is -2.24. The minimum Gasteiger partial charge on any atom is -0.508 e. The van der Waals surface area contributed by atoms with Crippen LogP contribution in [0.25, 0.3) is 0 Å². The Morgan fingerprint density at radius 2 is 2.17 bits per heavy atom. The molecule has 0 aliphatic heterocycles. The first-order valence-electron chi connectivity index (χ1n) is 6.63. The molecule has 2 aromatic rings. The van der Waals surface area contributed by atoms with E-state index in [4.69, 9.17) is 16.3 Å². The molecular formula is C15H12ClN3O5. The summed E-state index contributed by atoms with van der Waals surface area (Å²) in [5.41, 5.74) is 2.46. The van der Waals surface area contributed by atoms with Gasteiger partial charge in [-0.25, -0.2) is 5.43 Å². The number of nitro groups is 1. The number of phenols is 1. The predicted octanol–water partition coefficient (Wildman–Crippen LogP) is 2.48. The summed E-state index contributed by atoms with van der Waals surface area (Å²) in [6.07, 6.45) is 1.34. The molecule has 0 bridgehead atoms. The molecule has 2 N–H and O–H groups in total. The lowest BCUT2D eigenvalue weighted by molar-refractivity contribution is -0.385. The van der Waals surface area contributed by atoms with Crippen molar-refractivity contribution in [2.45, 2.75) is 0 Å². The number of nitrogens with one attached hydrogen (secondary N) is 1. The average molecular weight is 350 g/mol. The Labute approximate surface area is 141 Å². The van der Waals surface area contributed by atoms with Crippen molar-refractivity contribution in [2.24, 2.45) is 5.10 Å². The molecule has 0 aliphatic carbocycles. The molecule has 124 valence electrons. The largest absolute Gasteiger partial charge is 0.508 e. The highest BCUT2D eigenvalue weighted by atomic mass is 35.5.